The van der Waals surface area contributed by atoms with Crippen LogP contribution >= 0.6 is 0 Å². The fourth-order valence-electron chi connectivity index (χ4n) is 2.44. The first-order valence-electron chi connectivity index (χ1n) is 6.46. The van der Waals surface area contributed by atoms with Crippen molar-refractivity contribution < 1.29 is 9.53 Å². The summed E-state index contributed by atoms with van der Waals surface area (Å²) in [5.41, 5.74) is 0. The van der Waals surface area contributed by atoms with Crippen molar-refractivity contribution in [3.63, 3.8) is 0 Å². The average molecular weight is 226 g/mol. The van der Waals surface area contributed by atoms with Gasteiger partial charge in [0.05, 0.1) is 6.10 Å². The largest absolute Gasteiger partial charge is 0.378 e. The molecule has 2 N–H and O–H groups in total. The molecular formula is C12H22N2O2. The van der Waals surface area contributed by atoms with E-state index in [9.17, 15) is 4.79 Å². The Morgan fingerprint density at radius 3 is 3.00 bits per heavy atom. The van der Waals surface area contributed by atoms with Crippen molar-refractivity contribution in [3.8, 4) is 0 Å². The van der Waals surface area contributed by atoms with Crippen LogP contribution in [0.5, 0.6) is 0 Å². The van der Waals surface area contributed by atoms with Gasteiger partial charge >= 0.3 is 0 Å². The van der Waals surface area contributed by atoms with E-state index in [1.54, 1.807) is 0 Å². The fourth-order valence-corrected chi connectivity index (χ4v) is 2.44. The third kappa shape index (κ3) is 3.76. The minimum absolute atomic E-state index is 0.184. The van der Waals surface area contributed by atoms with E-state index < -0.39 is 0 Å². The van der Waals surface area contributed by atoms with Crippen LogP contribution in [-0.2, 0) is 9.53 Å². The Morgan fingerprint density at radius 2 is 2.31 bits per heavy atom. The highest BCUT2D eigenvalue weighted by atomic mass is 16.5. The molecule has 2 fully saturated rings. The van der Waals surface area contributed by atoms with Crippen LogP contribution in [0.3, 0.4) is 0 Å². The molecule has 0 aromatic carbocycles. The Labute approximate surface area is 97.1 Å². The number of hydrogen-bond donors (Lipinski definition) is 2. The molecule has 2 aliphatic heterocycles. The molecule has 4 heteroatoms. The molecule has 2 heterocycles. The Bertz CT molecular complexity index is 221. The van der Waals surface area contributed by atoms with Crippen LogP contribution in [0.1, 0.15) is 38.5 Å². The number of piperidine rings is 1. The Hall–Kier alpha value is -0.610. The maximum Gasteiger partial charge on any atom is 0.220 e. The Kier molecular flexibility index (Phi) is 4.60. The number of hydrogen-bond acceptors (Lipinski definition) is 3. The standard InChI is InChI=1S/C12H22N2O2/c15-12(6-5-11-4-2-8-16-11)14-10-3-1-7-13-9-10/h10-11,13H,1-9H2,(H,14,15). The molecule has 16 heavy (non-hydrogen) atoms. The normalized spacial score (nSPS) is 30.2. The molecule has 0 aromatic heterocycles. The number of carbonyl (C=O) groups excluding carboxylic acids is 1. The van der Waals surface area contributed by atoms with E-state index in [1.165, 1.54) is 0 Å². The highest BCUT2D eigenvalue weighted by Crippen LogP contribution is 2.16. The average Bonchev–Trinajstić information content (AvgIpc) is 2.81. The first kappa shape index (κ1) is 11.9. The molecule has 0 aliphatic carbocycles. The van der Waals surface area contributed by atoms with E-state index in [-0.39, 0.29) is 5.91 Å². The number of nitrogens with one attached hydrogen (secondary N) is 2. The summed E-state index contributed by atoms with van der Waals surface area (Å²) >= 11 is 0. The second kappa shape index (κ2) is 6.21. The van der Waals surface area contributed by atoms with Crippen LogP contribution in [0.15, 0.2) is 0 Å². The summed E-state index contributed by atoms with van der Waals surface area (Å²) in [4.78, 5) is 11.7. The summed E-state index contributed by atoms with van der Waals surface area (Å²) in [7, 11) is 0. The van der Waals surface area contributed by atoms with E-state index in [4.69, 9.17) is 4.74 Å². The summed E-state index contributed by atoms with van der Waals surface area (Å²) in [6.07, 6.45) is 6.37. The van der Waals surface area contributed by atoms with Gasteiger partial charge in [-0.15, -0.1) is 0 Å². The van der Waals surface area contributed by atoms with Gasteiger partial charge in [-0.1, -0.05) is 0 Å². The Morgan fingerprint density at radius 1 is 1.38 bits per heavy atom. The first-order chi connectivity index (χ1) is 7.84. The first-order valence-corrected chi connectivity index (χ1v) is 6.46. The monoisotopic (exact) mass is 226 g/mol. The summed E-state index contributed by atoms with van der Waals surface area (Å²) in [6.45, 7) is 2.88. The second-order valence-corrected chi connectivity index (χ2v) is 4.78. The minimum atomic E-state index is 0.184. The molecule has 0 bridgehead atoms. The lowest BCUT2D eigenvalue weighted by Crippen LogP contribution is -2.45. The van der Waals surface area contributed by atoms with Crippen LogP contribution in [-0.4, -0.2) is 37.7 Å². The third-order valence-electron chi connectivity index (χ3n) is 3.38. The van der Waals surface area contributed by atoms with Gasteiger partial charge in [0.2, 0.25) is 5.91 Å². The van der Waals surface area contributed by atoms with Crippen molar-refractivity contribution in [2.75, 3.05) is 19.7 Å². The second-order valence-electron chi connectivity index (χ2n) is 4.78. The smallest absolute Gasteiger partial charge is 0.220 e. The Balaban J connectivity index is 1.59. The van der Waals surface area contributed by atoms with Gasteiger partial charge in [0.25, 0.3) is 0 Å². The predicted molar refractivity (Wildman–Crippen MR) is 62.2 cm³/mol. The van der Waals surface area contributed by atoms with Crippen molar-refractivity contribution in [3.05, 3.63) is 0 Å². The van der Waals surface area contributed by atoms with Crippen molar-refractivity contribution in [1.29, 1.82) is 0 Å². The number of amides is 1. The highest BCUT2D eigenvalue weighted by molar-refractivity contribution is 5.76. The molecule has 4 nitrogen and oxygen atoms in total. The molecule has 2 saturated heterocycles. The quantitative estimate of drug-likeness (QED) is 0.746. The highest BCUT2D eigenvalue weighted by Gasteiger charge is 2.19. The van der Waals surface area contributed by atoms with Gasteiger partial charge in [0, 0.05) is 25.6 Å². The number of rotatable bonds is 4. The van der Waals surface area contributed by atoms with Gasteiger partial charge in [-0.05, 0) is 38.6 Å². The molecule has 1 amide bonds. The van der Waals surface area contributed by atoms with Crippen LogP contribution in [0, 0.1) is 0 Å². The molecule has 2 aliphatic rings. The third-order valence-corrected chi connectivity index (χ3v) is 3.38. The van der Waals surface area contributed by atoms with E-state index in [0.717, 1.165) is 51.8 Å². The fraction of sp³-hybridized carbons (Fsp3) is 0.917. The van der Waals surface area contributed by atoms with Crippen LogP contribution in [0.2, 0.25) is 0 Å². The zero-order valence-corrected chi connectivity index (χ0v) is 9.84. The molecule has 2 atom stereocenters. The van der Waals surface area contributed by atoms with Gasteiger partial charge in [-0.25, -0.2) is 0 Å². The summed E-state index contributed by atoms with van der Waals surface area (Å²) < 4.78 is 5.50. The molecule has 92 valence electrons. The summed E-state index contributed by atoms with van der Waals surface area (Å²) in [5, 5.41) is 6.38. The summed E-state index contributed by atoms with van der Waals surface area (Å²) in [5.74, 6) is 0.184. The van der Waals surface area contributed by atoms with Crippen LogP contribution in [0.4, 0.5) is 0 Å². The molecule has 0 saturated carbocycles. The maximum absolute atomic E-state index is 11.7. The van der Waals surface area contributed by atoms with Gasteiger partial charge in [0.1, 0.15) is 0 Å². The molecule has 0 aromatic rings. The molecule has 2 unspecified atom stereocenters. The number of carbonyl (C=O) groups is 1. The van der Waals surface area contributed by atoms with Crippen molar-refractivity contribution in [1.82, 2.24) is 10.6 Å². The van der Waals surface area contributed by atoms with Gasteiger partial charge in [-0.2, -0.15) is 0 Å². The molecule has 2 rings (SSSR count). The van der Waals surface area contributed by atoms with Crippen molar-refractivity contribution in [2.24, 2.45) is 0 Å². The van der Waals surface area contributed by atoms with E-state index in [0.29, 0.717) is 18.6 Å². The maximum atomic E-state index is 11.7. The lowest BCUT2D eigenvalue weighted by molar-refractivity contribution is -0.122. The topological polar surface area (TPSA) is 50.4 Å². The number of ether oxygens (including phenoxy) is 1. The van der Waals surface area contributed by atoms with E-state index in [2.05, 4.69) is 10.6 Å². The van der Waals surface area contributed by atoms with Crippen molar-refractivity contribution in [2.45, 2.75) is 50.7 Å². The molecular weight excluding hydrogens is 204 g/mol. The lowest BCUT2D eigenvalue weighted by atomic mass is 10.1. The molecule has 0 radical (unpaired) electrons. The lowest BCUT2D eigenvalue weighted by Gasteiger charge is -2.24. The summed E-state index contributed by atoms with van der Waals surface area (Å²) in [6, 6.07) is 0.339. The SMILES string of the molecule is O=C(CCC1CCCO1)NC1CCCNC1. The van der Waals surface area contributed by atoms with E-state index in [1.807, 2.05) is 0 Å². The van der Waals surface area contributed by atoms with Crippen LogP contribution in [0.25, 0.3) is 0 Å². The van der Waals surface area contributed by atoms with Crippen LogP contribution < -0.4 is 10.6 Å². The molecule has 0 spiro atoms. The van der Waals surface area contributed by atoms with Gasteiger partial charge in [-0.3, -0.25) is 4.79 Å². The van der Waals surface area contributed by atoms with Gasteiger partial charge in [0.15, 0.2) is 0 Å². The predicted octanol–water partition coefficient (Wildman–Crippen LogP) is 0.814. The van der Waals surface area contributed by atoms with Crippen molar-refractivity contribution >= 4 is 5.91 Å². The van der Waals surface area contributed by atoms with E-state index >= 15 is 0 Å². The van der Waals surface area contributed by atoms with Gasteiger partial charge < -0.3 is 15.4 Å². The zero-order chi connectivity index (χ0) is 11.2. The minimum Gasteiger partial charge on any atom is -0.378 e. The zero-order valence-electron chi connectivity index (χ0n) is 9.84.